The quantitative estimate of drug-likeness (QED) is 0.793. The van der Waals surface area contributed by atoms with Crippen molar-refractivity contribution in [2.24, 2.45) is 5.73 Å². The number of nitrogens with two attached hydrogens (primary N) is 1. The molecule has 1 aromatic rings. The van der Waals surface area contributed by atoms with Gasteiger partial charge in [-0.1, -0.05) is 6.07 Å². The highest BCUT2D eigenvalue weighted by atomic mass is 19.1. The number of benzene rings is 1. The zero-order chi connectivity index (χ0) is 10.8. The van der Waals surface area contributed by atoms with E-state index in [4.69, 9.17) is 5.73 Å². The van der Waals surface area contributed by atoms with Gasteiger partial charge in [0, 0.05) is 6.42 Å². The van der Waals surface area contributed by atoms with Gasteiger partial charge in [0.2, 0.25) is 5.91 Å². The Bertz CT molecular complexity index is 389. The third-order valence-electron chi connectivity index (χ3n) is 2.99. The van der Waals surface area contributed by atoms with E-state index in [0.717, 1.165) is 30.4 Å². The standard InChI is InChI=1S/C12H14FNO/c13-10-5-4-8-2-1-3-9(6-12(14)15)11(8)7-10/h4-5,7,9H,1-3,6H2,(H2,14,15). The van der Waals surface area contributed by atoms with Gasteiger partial charge >= 0.3 is 0 Å². The molecule has 2 nitrogen and oxygen atoms in total. The monoisotopic (exact) mass is 207 g/mol. The van der Waals surface area contributed by atoms with Crippen LogP contribution in [0.3, 0.4) is 0 Å². The number of hydrogen-bond donors (Lipinski definition) is 1. The maximum Gasteiger partial charge on any atom is 0.218 e. The predicted octanol–water partition coefficient (Wildman–Crippen LogP) is 2.12. The highest BCUT2D eigenvalue weighted by Gasteiger charge is 2.21. The molecule has 2 rings (SSSR count). The first-order valence-electron chi connectivity index (χ1n) is 5.23. The number of carbonyl (C=O) groups is 1. The lowest BCUT2D eigenvalue weighted by Crippen LogP contribution is -2.18. The van der Waals surface area contributed by atoms with Gasteiger partial charge in [0.05, 0.1) is 0 Å². The zero-order valence-corrected chi connectivity index (χ0v) is 8.50. The van der Waals surface area contributed by atoms with E-state index in [-0.39, 0.29) is 17.6 Å². The average Bonchev–Trinajstić information content (AvgIpc) is 2.18. The first-order chi connectivity index (χ1) is 7.16. The van der Waals surface area contributed by atoms with Gasteiger partial charge in [-0.15, -0.1) is 0 Å². The van der Waals surface area contributed by atoms with Crippen molar-refractivity contribution in [2.45, 2.75) is 31.6 Å². The molecule has 0 radical (unpaired) electrons. The van der Waals surface area contributed by atoms with E-state index >= 15 is 0 Å². The molecule has 0 saturated heterocycles. The Morgan fingerprint density at radius 3 is 3.07 bits per heavy atom. The van der Waals surface area contributed by atoms with Crippen LogP contribution in [-0.4, -0.2) is 5.91 Å². The van der Waals surface area contributed by atoms with Crippen molar-refractivity contribution in [1.82, 2.24) is 0 Å². The van der Waals surface area contributed by atoms with Crippen LogP contribution in [0.1, 0.15) is 36.3 Å². The Labute approximate surface area is 88.3 Å². The molecule has 2 N–H and O–H groups in total. The molecule has 0 aliphatic heterocycles. The Kier molecular flexibility index (Phi) is 2.71. The van der Waals surface area contributed by atoms with Crippen LogP contribution in [0.25, 0.3) is 0 Å². The Hall–Kier alpha value is -1.38. The molecule has 0 spiro atoms. The van der Waals surface area contributed by atoms with E-state index < -0.39 is 0 Å². The van der Waals surface area contributed by atoms with Crippen LogP contribution >= 0.6 is 0 Å². The molecule has 80 valence electrons. The van der Waals surface area contributed by atoms with Crippen molar-refractivity contribution in [2.75, 3.05) is 0 Å². The molecule has 3 heteroatoms. The van der Waals surface area contributed by atoms with Gasteiger partial charge in [0.25, 0.3) is 0 Å². The molecule has 0 saturated carbocycles. The lowest BCUT2D eigenvalue weighted by molar-refractivity contribution is -0.118. The highest BCUT2D eigenvalue weighted by molar-refractivity contribution is 5.75. The molecule has 1 unspecified atom stereocenters. The molecule has 1 atom stereocenters. The molecule has 1 aromatic carbocycles. The zero-order valence-electron chi connectivity index (χ0n) is 8.50. The Morgan fingerprint density at radius 1 is 1.53 bits per heavy atom. The molecule has 0 aromatic heterocycles. The molecule has 0 bridgehead atoms. The summed E-state index contributed by atoms with van der Waals surface area (Å²) in [5.41, 5.74) is 7.32. The molecule has 0 fully saturated rings. The van der Waals surface area contributed by atoms with Crippen molar-refractivity contribution in [3.8, 4) is 0 Å². The van der Waals surface area contributed by atoms with E-state index in [1.807, 2.05) is 6.07 Å². The topological polar surface area (TPSA) is 43.1 Å². The van der Waals surface area contributed by atoms with E-state index in [2.05, 4.69) is 0 Å². The molecular weight excluding hydrogens is 193 g/mol. The average molecular weight is 207 g/mol. The maximum absolute atomic E-state index is 13.1. The van der Waals surface area contributed by atoms with Gasteiger partial charge in [-0.2, -0.15) is 0 Å². The second kappa shape index (κ2) is 4.01. The van der Waals surface area contributed by atoms with Gasteiger partial charge in [-0.25, -0.2) is 4.39 Å². The number of rotatable bonds is 2. The largest absolute Gasteiger partial charge is 0.370 e. The minimum absolute atomic E-state index is 0.113. The summed E-state index contributed by atoms with van der Waals surface area (Å²) in [6.45, 7) is 0. The van der Waals surface area contributed by atoms with E-state index in [1.165, 1.54) is 6.07 Å². The second-order valence-corrected chi connectivity index (χ2v) is 4.10. The number of hydrogen-bond acceptors (Lipinski definition) is 1. The Morgan fingerprint density at radius 2 is 2.33 bits per heavy atom. The lowest BCUT2D eigenvalue weighted by Gasteiger charge is -2.24. The molecular formula is C12H14FNO. The smallest absolute Gasteiger partial charge is 0.218 e. The van der Waals surface area contributed by atoms with Crippen LogP contribution in [-0.2, 0) is 11.2 Å². The minimum Gasteiger partial charge on any atom is -0.370 e. The van der Waals surface area contributed by atoms with E-state index in [0.29, 0.717) is 6.42 Å². The van der Waals surface area contributed by atoms with Crippen molar-refractivity contribution in [3.05, 3.63) is 35.1 Å². The lowest BCUT2D eigenvalue weighted by atomic mass is 9.81. The van der Waals surface area contributed by atoms with Crippen LogP contribution in [0, 0.1) is 5.82 Å². The number of fused-ring (bicyclic) bond motifs is 1. The van der Waals surface area contributed by atoms with Crippen LogP contribution in [0.15, 0.2) is 18.2 Å². The molecule has 1 amide bonds. The summed E-state index contributed by atoms with van der Waals surface area (Å²) in [5, 5.41) is 0. The first-order valence-corrected chi connectivity index (χ1v) is 5.23. The third kappa shape index (κ3) is 2.17. The fourth-order valence-electron chi connectivity index (χ4n) is 2.32. The number of aryl methyl sites for hydroxylation is 1. The van der Waals surface area contributed by atoms with Crippen molar-refractivity contribution in [3.63, 3.8) is 0 Å². The molecule has 15 heavy (non-hydrogen) atoms. The summed E-state index contributed by atoms with van der Waals surface area (Å²) in [5.74, 6) is -0.427. The van der Waals surface area contributed by atoms with Crippen LogP contribution in [0.4, 0.5) is 4.39 Å². The summed E-state index contributed by atoms with van der Waals surface area (Å²) < 4.78 is 13.1. The molecule has 1 aliphatic rings. The second-order valence-electron chi connectivity index (χ2n) is 4.10. The summed E-state index contributed by atoms with van der Waals surface area (Å²) in [6.07, 6.45) is 3.29. The summed E-state index contributed by atoms with van der Waals surface area (Å²) >= 11 is 0. The van der Waals surface area contributed by atoms with Crippen LogP contribution in [0.5, 0.6) is 0 Å². The van der Waals surface area contributed by atoms with Gasteiger partial charge in [0.15, 0.2) is 0 Å². The van der Waals surface area contributed by atoms with Crippen LogP contribution < -0.4 is 5.73 Å². The summed E-state index contributed by atoms with van der Waals surface area (Å²) in [6, 6.07) is 4.84. The normalized spacial score (nSPS) is 19.7. The number of halogens is 1. The summed E-state index contributed by atoms with van der Waals surface area (Å²) in [7, 11) is 0. The first kappa shape index (κ1) is 10.1. The highest BCUT2D eigenvalue weighted by Crippen LogP contribution is 2.34. The predicted molar refractivity (Wildman–Crippen MR) is 55.9 cm³/mol. The number of amides is 1. The van der Waals surface area contributed by atoms with Gasteiger partial charge in [-0.3, -0.25) is 4.79 Å². The van der Waals surface area contributed by atoms with Gasteiger partial charge in [0.1, 0.15) is 5.82 Å². The minimum atomic E-state index is -0.308. The van der Waals surface area contributed by atoms with Crippen molar-refractivity contribution < 1.29 is 9.18 Å². The maximum atomic E-state index is 13.1. The number of carbonyl (C=O) groups excluding carboxylic acids is 1. The SMILES string of the molecule is NC(=O)CC1CCCc2ccc(F)cc21. The third-order valence-corrected chi connectivity index (χ3v) is 2.99. The van der Waals surface area contributed by atoms with E-state index in [1.54, 1.807) is 6.07 Å². The Balaban J connectivity index is 2.32. The van der Waals surface area contributed by atoms with Gasteiger partial charge < -0.3 is 5.73 Å². The fraction of sp³-hybridized carbons (Fsp3) is 0.417. The van der Waals surface area contributed by atoms with Gasteiger partial charge in [-0.05, 0) is 48.4 Å². The van der Waals surface area contributed by atoms with Crippen molar-refractivity contribution in [1.29, 1.82) is 0 Å². The number of primary amides is 1. The molecule has 1 aliphatic carbocycles. The fourth-order valence-corrected chi connectivity index (χ4v) is 2.32. The molecule has 0 heterocycles. The summed E-state index contributed by atoms with van der Waals surface area (Å²) in [4.78, 5) is 10.9. The van der Waals surface area contributed by atoms with Crippen LogP contribution in [0.2, 0.25) is 0 Å². The van der Waals surface area contributed by atoms with E-state index in [9.17, 15) is 9.18 Å². The van der Waals surface area contributed by atoms with Crippen molar-refractivity contribution >= 4 is 5.91 Å².